The number of carbonyl (C=O) groups excluding carboxylic acids is 2. The Labute approximate surface area is 150 Å². The topological polar surface area (TPSA) is 130 Å². The number of pyridine rings is 1. The Kier molecular flexibility index (Phi) is 4.94. The molecule has 1 aliphatic rings. The minimum atomic E-state index is -0.573. The molecule has 1 aromatic carbocycles. The highest BCUT2D eigenvalue weighted by Gasteiger charge is 2.39. The Morgan fingerprint density at radius 2 is 2.15 bits per heavy atom. The maximum absolute atomic E-state index is 11.8. The van der Waals surface area contributed by atoms with E-state index in [4.69, 9.17) is 20.9 Å². The molecule has 0 bridgehead atoms. The lowest BCUT2D eigenvalue weighted by atomic mass is 9.94. The molecule has 0 radical (unpaired) electrons. The number of primary amides is 1. The molecule has 3 rings (SSSR count). The fourth-order valence-corrected chi connectivity index (χ4v) is 3.35. The van der Waals surface area contributed by atoms with Crippen LogP contribution in [0.4, 0.5) is 0 Å². The van der Waals surface area contributed by atoms with Gasteiger partial charge in [0.15, 0.2) is 0 Å². The number of amides is 2. The lowest BCUT2D eigenvalue weighted by Crippen LogP contribution is -2.35. The van der Waals surface area contributed by atoms with Crippen LogP contribution in [0, 0.1) is 5.92 Å². The average molecular weight is 358 g/mol. The number of nitrogens with one attached hydrogen (secondary N) is 1. The van der Waals surface area contributed by atoms with Crippen LogP contribution in [0.1, 0.15) is 23.7 Å². The van der Waals surface area contributed by atoms with Crippen molar-refractivity contribution in [3.05, 3.63) is 30.0 Å². The molecule has 8 nitrogen and oxygen atoms in total. The number of carbonyl (C=O) groups is 2. The van der Waals surface area contributed by atoms with E-state index in [1.807, 2.05) is 6.92 Å². The summed E-state index contributed by atoms with van der Waals surface area (Å²) in [7, 11) is 1.46. The van der Waals surface area contributed by atoms with Gasteiger partial charge in [-0.1, -0.05) is 6.92 Å². The van der Waals surface area contributed by atoms with Crippen LogP contribution in [-0.4, -0.2) is 42.6 Å². The molecule has 0 aliphatic carbocycles. The van der Waals surface area contributed by atoms with Gasteiger partial charge in [0.2, 0.25) is 11.8 Å². The minimum Gasteiger partial charge on any atom is -0.496 e. The molecule has 1 aromatic heterocycles. The SMILES string of the molecule is CC[C@H]1[C@@H](COc2nccc3cc(C(N)=O)c(OC)cc23)NC(=O)[C@@H]1N. The quantitative estimate of drug-likeness (QED) is 0.692. The van der Waals surface area contributed by atoms with Crippen LogP contribution in [0.2, 0.25) is 0 Å². The van der Waals surface area contributed by atoms with Crippen molar-refractivity contribution >= 4 is 22.6 Å². The zero-order valence-electron chi connectivity index (χ0n) is 14.7. The predicted molar refractivity (Wildman–Crippen MR) is 96.0 cm³/mol. The molecule has 0 unspecified atom stereocenters. The summed E-state index contributed by atoms with van der Waals surface area (Å²) in [5.41, 5.74) is 11.6. The first-order chi connectivity index (χ1) is 12.5. The van der Waals surface area contributed by atoms with Crippen molar-refractivity contribution in [1.82, 2.24) is 10.3 Å². The summed E-state index contributed by atoms with van der Waals surface area (Å²) in [6.07, 6.45) is 2.36. The summed E-state index contributed by atoms with van der Waals surface area (Å²) in [6, 6.07) is 4.39. The molecule has 8 heteroatoms. The third-order valence-electron chi connectivity index (χ3n) is 4.79. The van der Waals surface area contributed by atoms with Crippen molar-refractivity contribution in [2.24, 2.45) is 17.4 Å². The third-order valence-corrected chi connectivity index (χ3v) is 4.79. The lowest BCUT2D eigenvalue weighted by molar-refractivity contribution is -0.120. The normalized spacial score (nSPS) is 22.3. The summed E-state index contributed by atoms with van der Waals surface area (Å²) in [5.74, 6) is 0.0147. The van der Waals surface area contributed by atoms with E-state index in [1.165, 1.54) is 7.11 Å². The molecule has 2 amide bonds. The molecule has 26 heavy (non-hydrogen) atoms. The second-order valence-corrected chi connectivity index (χ2v) is 6.28. The molecular formula is C18H22N4O4. The van der Waals surface area contributed by atoms with E-state index in [9.17, 15) is 9.59 Å². The maximum atomic E-state index is 11.8. The highest BCUT2D eigenvalue weighted by molar-refractivity contribution is 6.01. The van der Waals surface area contributed by atoms with E-state index in [-0.39, 0.29) is 30.0 Å². The van der Waals surface area contributed by atoms with Gasteiger partial charge in [0.05, 0.1) is 24.8 Å². The number of fused-ring (bicyclic) bond motifs is 1. The zero-order valence-corrected chi connectivity index (χ0v) is 14.7. The van der Waals surface area contributed by atoms with Gasteiger partial charge in [0, 0.05) is 17.5 Å². The number of aromatic nitrogens is 1. The maximum Gasteiger partial charge on any atom is 0.252 e. The summed E-state index contributed by atoms with van der Waals surface area (Å²) >= 11 is 0. The Morgan fingerprint density at radius 1 is 1.38 bits per heavy atom. The van der Waals surface area contributed by atoms with Crippen molar-refractivity contribution in [1.29, 1.82) is 0 Å². The molecule has 1 saturated heterocycles. The lowest BCUT2D eigenvalue weighted by Gasteiger charge is -2.20. The van der Waals surface area contributed by atoms with Crippen LogP contribution >= 0.6 is 0 Å². The van der Waals surface area contributed by atoms with Gasteiger partial charge < -0.3 is 26.3 Å². The fraction of sp³-hybridized carbons (Fsp3) is 0.389. The van der Waals surface area contributed by atoms with Crippen molar-refractivity contribution in [3.63, 3.8) is 0 Å². The van der Waals surface area contributed by atoms with E-state index >= 15 is 0 Å². The Bertz CT molecular complexity index is 854. The molecule has 2 heterocycles. The van der Waals surface area contributed by atoms with Crippen molar-refractivity contribution in [2.45, 2.75) is 25.4 Å². The van der Waals surface area contributed by atoms with E-state index in [1.54, 1.807) is 24.4 Å². The molecule has 5 N–H and O–H groups in total. The number of hydrogen-bond donors (Lipinski definition) is 3. The first-order valence-electron chi connectivity index (χ1n) is 8.41. The van der Waals surface area contributed by atoms with Gasteiger partial charge in [-0.25, -0.2) is 4.98 Å². The van der Waals surface area contributed by atoms with Crippen LogP contribution in [0.5, 0.6) is 11.6 Å². The van der Waals surface area contributed by atoms with Crippen LogP contribution in [0.3, 0.4) is 0 Å². The number of rotatable bonds is 6. The van der Waals surface area contributed by atoms with Crippen molar-refractivity contribution in [3.8, 4) is 11.6 Å². The predicted octanol–water partition coefficient (Wildman–Crippen LogP) is 0.573. The number of nitrogens with two attached hydrogens (primary N) is 2. The molecule has 1 fully saturated rings. The van der Waals surface area contributed by atoms with Crippen LogP contribution in [-0.2, 0) is 4.79 Å². The summed E-state index contributed by atoms with van der Waals surface area (Å²) in [4.78, 5) is 27.6. The van der Waals surface area contributed by atoms with E-state index in [0.29, 0.717) is 17.0 Å². The summed E-state index contributed by atoms with van der Waals surface area (Å²) < 4.78 is 11.1. The minimum absolute atomic E-state index is 0.00785. The van der Waals surface area contributed by atoms with Gasteiger partial charge in [0.1, 0.15) is 12.4 Å². The molecule has 0 saturated carbocycles. The number of methoxy groups -OCH3 is 1. The largest absolute Gasteiger partial charge is 0.496 e. The monoisotopic (exact) mass is 358 g/mol. The number of hydrogen-bond acceptors (Lipinski definition) is 6. The van der Waals surface area contributed by atoms with Gasteiger partial charge in [-0.3, -0.25) is 9.59 Å². The first kappa shape index (κ1) is 17.9. The smallest absolute Gasteiger partial charge is 0.252 e. The van der Waals surface area contributed by atoms with E-state index in [0.717, 1.165) is 11.8 Å². The van der Waals surface area contributed by atoms with E-state index in [2.05, 4.69) is 10.3 Å². The fourth-order valence-electron chi connectivity index (χ4n) is 3.35. The molecule has 2 aromatic rings. The van der Waals surface area contributed by atoms with Gasteiger partial charge in [-0.15, -0.1) is 0 Å². The second kappa shape index (κ2) is 7.17. The van der Waals surface area contributed by atoms with Crippen LogP contribution in [0.15, 0.2) is 24.4 Å². The van der Waals surface area contributed by atoms with Gasteiger partial charge >= 0.3 is 0 Å². The molecule has 1 aliphatic heterocycles. The van der Waals surface area contributed by atoms with Gasteiger partial charge in [0.25, 0.3) is 5.91 Å². The highest BCUT2D eigenvalue weighted by atomic mass is 16.5. The highest BCUT2D eigenvalue weighted by Crippen LogP contribution is 2.31. The number of ether oxygens (including phenoxy) is 2. The third kappa shape index (κ3) is 3.15. The average Bonchev–Trinajstić information content (AvgIpc) is 2.91. The Morgan fingerprint density at radius 3 is 2.81 bits per heavy atom. The van der Waals surface area contributed by atoms with Gasteiger partial charge in [-0.05, 0) is 30.0 Å². The Balaban J connectivity index is 1.89. The van der Waals surface area contributed by atoms with Crippen LogP contribution < -0.4 is 26.3 Å². The first-order valence-corrected chi connectivity index (χ1v) is 8.41. The molecular weight excluding hydrogens is 336 g/mol. The number of nitrogens with zero attached hydrogens (tertiary/aromatic N) is 1. The van der Waals surface area contributed by atoms with Crippen molar-refractivity contribution in [2.75, 3.05) is 13.7 Å². The summed E-state index contributed by atoms with van der Waals surface area (Å²) in [5, 5.41) is 4.31. The standard InChI is InChI=1S/C18H22N4O4/c1-3-10-13(22-17(24)15(10)19)8-26-18-11-7-14(25-2)12(16(20)23)6-9(11)4-5-21-18/h4-7,10,13,15H,3,8,19H2,1-2H3,(H2,20,23)(H,22,24)/t10-,13+,15+/m0/s1. The molecule has 3 atom stereocenters. The number of benzene rings is 1. The molecule has 138 valence electrons. The second-order valence-electron chi connectivity index (χ2n) is 6.28. The molecule has 0 spiro atoms. The zero-order chi connectivity index (χ0) is 18.8. The van der Waals surface area contributed by atoms with Crippen molar-refractivity contribution < 1.29 is 19.1 Å². The summed E-state index contributed by atoms with van der Waals surface area (Å²) in [6.45, 7) is 2.24. The van der Waals surface area contributed by atoms with Crippen LogP contribution in [0.25, 0.3) is 10.8 Å². The van der Waals surface area contributed by atoms with Gasteiger partial charge in [-0.2, -0.15) is 0 Å². The Hall–Kier alpha value is -2.87. The van der Waals surface area contributed by atoms with E-state index < -0.39 is 11.9 Å².